The fourth-order valence-electron chi connectivity index (χ4n) is 1.33. The fraction of sp³-hybridized carbons (Fsp3) is 0.900. The van der Waals surface area contributed by atoms with E-state index in [-0.39, 0.29) is 29.6 Å². The number of halogens is 17. The number of hydrogen-bond acceptors (Lipinski definition) is 4. The van der Waals surface area contributed by atoms with E-state index in [1.807, 2.05) is 0 Å². The van der Waals surface area contributed by atoms with Gasteiger partial charge in [-0.15, -0.1) is 0 Å². The van der Waals surface area contributed by atoms with Gasteiger partial charge >= 0.3 is 76.5 Å². The fourth-order valence-corrected chi connectivity index (χ4v) is 1.81. The predicted octanol–water partition coefficient (Wildman–Crippen LogP) is 0.00200. The Morgan fingerprint density at radius 3 is 0.941 bits per heavy atom. The van der Waals surface area contributed by atoms with Gasteiger partial charge in [-0.05, 0) is 6.92 Å². The van der Waals surface area contributed by atoms with Gasteiger partial charge in [0.05, 0.1) is 0 Å². The number of sulfonamides is 1. The summed E-state index contributed by atoms with van der Waals surface area (Å²) >= 11 is 0. The predicted molar refractivity (Wildman–Crippen MR) is 64.5 cm³/mol. The van der Waals surface area contributed by atoms with E-state index in [2.05, 4.69) is 5.14 Å². The third-order valence-electron chi connectivity index (χ3n) is 3.05. The molecular weight excluding hydrogens is 576 g/mol. The van der Waals surface area contributed by atoms with Crippen LogP contribution in [0.1, 0.15) is 6.92 Å². The van der Waals surface area contributed by atoms with Gasteiger partial charge in [0.2, 0.25) is 0 Å². The Morgan fingerprint density at radius 2 is 0.765 bits per heavy atom. The Hall–Kier alpha value is -0.810. The van der Waals surface area contributed by atoms with Crippen LogP contribution in [-0.2, 0) is 14.8 Å². The minimum atomic E-state index is -8.84. The first-order valence-corrected chi connectivity index (χ1v) is 8.19. The molecule has 0 heterocycles. The van der Waals surface area contributed by atoms with Crippen molar-refractivity contribution in [1.29, 1.82) is 0 Å². The Balaban J connectivity index is -0.00000177. The number of primary sulfonamides is 1. The minimum Gasteiger partial charge on any atom is -0.550 e. The number of carboxylic acids is 1. The third-order valence-corrected chi connectivity index (χ3v) is 4.02. The standard InChI is InChI=1S/C8H2F17NO2S.C2H4O2.Na/c9-1(10,3(13,14)5(17,18)7(21,22)23)2(11,12)4(15,16)6(19,20)8(24,25)29(26,27)28;1-2(3)4;/h(H2,26,27,28);1H3,(H,3,4);/q;;+1/p-1. The summed E-state index contributed by atoms with van der Waals surface area (Å²) in [4.78, 5) is 8.89. The van der Waals surface area contributed by atoms with Gasteiger partial charge in [0.15, 0.2) is 0 Å². The molecule has 5 nitrogen and oxygen atoms in total. The van der Waals surface area contributed by atoms with E-state index in [0.29, 0.717) is 0 Å². The SMILES string of the molecule is CC(=O)[O-].NS(=O)(=O)C(F)(F)C(F)(F)C(F)(F)C(F)(F)C(F)(F)C(F)(F)C(F)(F)C(F)(F)F.[Na+]. The summed E-state index contributed by atoms with van der Waals surface area (Å²) in [5.74, 6) is -52.7. The molecule has 0 aliphatic heterocycles. The van der Waals surface area contributed by atoms with Crippen LogP contribution >= 0.6 is 0 Å². The maximum atomic E-state index is 13.1. The number of aliphatic carboxylic acids is 1. The third kappa shape index (κ3) is 5.61. The van der Waals surface area contributed by atoms with Crippen molar-refractivity contribution in [2.45, 2.75) is 53.9 Å². The molecule has 0 aromatic rings. The second-order valence-corrected chi connectivity index (χ2v) is 7.10. The summed E-state index contributed by atoms with van der Waals surface area (Å²) in [5.41, 5.74) is 0. The van der Waals surface area contributed by atoms with Crippen molar-refractivity contribution in [2.24, 2.45) is 5.14 Å². The molecule has 0 fully saturated rings. The summed E-state index contributed by atoms with van der Waals surface area (Å²) in [7, 11) is -7.39. The van der Waals surface area contributed by atoms with Crippen molar-refractivity contribution in [3.63, 3.8) is 0 Å². The van der Waals surface area contributed by atoms with Crippen molar-refractivity contribution in [3.05, 3.63) is 0 Å². The molecule has 0 radical (unpaired) electrons. The molecule has 0 atom stereocenters. The molecule has 0 aliphatic carbocycles. The Morgan fingerprint density at radius 1 is 0.588 bits per heavy atom. The van der Waals surface area contributed by atoms with Crippen LogP contribution in [0.2, 0.25) is 0 Å². The van der Waals surface area contributed by atoms with E-state index in [0.717, 1.165) is 6.92 Å². The number of rotatable bonds is 7. The van der Waals surface area contributed by atoms with Crippen LogP contribution in [0.4, 0.5) is 74.6 Å². The molecule has 0 aromatic heterocycles. The average molecular weight is 581 g/mol. The zero-order valence-corrected chi connectivity index (χ0v) is 18.4. The van der Waals surface area contributed by atoms with Gasteiger partial charge in [-0.2, -0.15) is 74.6 Å². The van der Waals surface area contributed by atoms with Crippen molar-refractivity contribution < 1.29 is 123 Å². The minimum absolute atomic E-state index is 0. The van der Waals surface area contributed by atoms with Gasteiger partial charge in [-0.25, -0.2) is 13.6 Å². The van der Waals surface area contributed by atoms with E-state index in [9.17, 15) is 83.1 Å². The molecule has 0 saturated carbocycles. The molecule has 2 N–H and O–H groups in total. The van der Waals surface area contributed by atoms with E-state index in [1.54, 1.807) is 0 Å². The van der Waals surface area contributed by atoms with E-state index >= 15 is 0 Å². The van der Waals surface area contributed by atoms with Crippen molar-refractivity contribution >= 4 is 16.0 Å². The summed E-state index contributed by atoms with van der Waals surface area (Å²) in [6.07, 6.45) is -7.86. The Labute approximate surface area is 197 Å². The largest absolute Gasteiger partial charge is 1.00 e. The van der Waals surface area contributed by atoms with Gasteiger partial charge in [0, 0.05) is 5.97 Å². The van der Waals surface area contributed by atoms with Crippen LogP contribution in [-0.4, -0.2) is 61.4 Å². The zero-order valence-electron chi connectivity index (χ0n) is 15.5. The number of carbonyl (C=O) groups excluding carboxylic acids is 1. The Kier molecular flexibility index (Phi) is 11.0. The molecule has 0 aromatic carbocycles. The monoisotopic (exact) mass is 581 g/mol. The number of carboxylic acid groups (broad SMARTS) is 1. The van der Waals surface area contributed by atoms with Crippen LogP contribution in [0.5, 0.6) is 0 Å². The summed E-state index contributed by atoms with van der Waals surface area (Å²) in [6.45, 7) is 0.972. The number of hydrogen-bond donors (Lipinski definition) is 1. The van der Waals surface area contributed by atoms with Crippen LogP contribution in [0.25, 0.3) is 0 Å². The number of nitrogens with two attached hydrogens (primary N) is 1. The maximum Gasteiger partial charge on any atom is 1.00 e. The molecule has 0 spiro atoms. The van der Waals surface area contributed by atoms with Crippen LogP contribution in [0, 0.1) is 0 Å². The van der Waals surface area contributed by atoms with Gasteiger partial charge in [0.1, 0.15) is 0 Å². The van der Waals surface area contributed by atoms with Crippen LogP contribution < -0.4 is 39.8 Å². The summed E-state index contributed by atoms with van der Waals surface area (Å²) in [6, 6.07) is 0. The van der Waals surface area contributed by atoms with Crippen molar-refractivity contribution in [3.8, 4) is 0 Å². The summed E-state index contributed by atoms with van der Waals surface area (Å²) < 4.78 is 236. The number of alkyl halides is 17. The maximum absolute atomic E-state index is 13.1. The molecule has 0 aliphatic rings. The quantitative estimate of drug-likeness (QED) is 0.338. The van der Waals surface area contributed by atoms with Gasteiger partial charge < -0.3 is 9.90 Å². The first-order chi connectivity index (χ1) is 13.7. The molecule has 0 unspecified atom stereocenters. The molecule has 0 rings (SSSR count). The van der Waals surface area contributed by atoms with E-state index in [4.69, 9.17) is 9.90 Å². The molecule has 0 saturated heterocycles. The first-order valence-electron chi connectivity index (χ1n) is 6.64. The molecule has 0 amide bonds. The molecule has 34 heavy (non-hydrogen) atoms. The topological polar surface area (TPSA) is 100 Å². The average Bonchev–Trinajstić information content (AvgIpc) is 2.50. The molecular formula is C10H5F17NNaO4S. The second kappa shape index (κ2) is 9.92. The van der Waals surface area contributed by atoms with E-state index < -0.39 is 63.0 Å². The number of carbonyl (C=O) groups is 1. The first kappa shape index (κ1) is 37.7. The van der Waals surface area contributed by atoms with Crippen molar-refractivity contribution in [1.82, 2.24) is 0 Å². The smallest absolute Gasteiger partial charge is 0.550 e. The van der Waals surface area contributed by atoms with Gasteiger partial charge in [0.25, 0.3) is 10.0 Å². The van der Waals surface area contributed by atoms with Gasteiger partial charge in [-0.1, -0.05) is 0 Å². The molecule has 200 valence electrons. The molecule has 24 heteroatoms. The second-order valence-electron chi connectivity index (χ2n) is 5.50. The summed E-state index contributed by atoms with van der Waals surface area (Å²) in [5, 5.41) is 4.59. The van der Waals surface area contributed by atoms with Crippen LogP contribution in [0.15, 0.2) is 0 Å². The Bertz CT molecular complexity index is 834. The van der Waals surface area contributed by atoms with E-state index in [1.165, 1.54) is 0 Å². The molecule has 0 bridgehead atoms. The normalized spacial score (nSPS) is 15.1. The zero-order chi connectivity index (χ0) is 28.1. The van der Waals surface area contributed by atoms with Crippen LogP contribution in [0.3, 0.4) is 0 Å². The van der Waals surface area contributed by atoms with Gasteiger partial charge in [-0.3, -0.25) is 0 Å². The van der Waals surface area contributed by atoms with Crippen molar-refractivity contribution in [2.75, 3.05) is 0 Å².